The van der Waals surface area contributed by atoms with Gasteiger partial charge >= 0.3 is 48.4 Å². The fourth-order valence-corrected chi connectivity index (χ4v) is 7.75. The highest BCUT2D eigenvalue weighted by molar-refractivity contribution is 5.84. The number of aliphatic hydroxyl groups excluding tert-OH is 1. The first kappa shape index (κ1) is 124. The van der Waals surface area contributed by atoms with Gasteiger partial charge in [-0.3, -0.25) is 67.2 Å². The third kappa shape index (κ3) is 79.6. The van der Waals surface area contributed by atoms with E-state index in [2.05, 4.69) is 57.1 Å². The van der Waals surface area contributed by atoms with Gasteiger partial charge in [0.25, 0.3) is 0 Å². The van der Waals surface area contributed by atoms with Gasteiger partial charge in [-0.15, -0.1) is 6.58 Å². The molecule has 5 aliphatic heterocycles. The van der Waals surface area contributed by atoms with Gasteiger partial charge in [0, 0.05) is 80.1 Å². The molecule has 5 aliphatic rings. The fourth-order valence-electron chi connectivity index (χ4n) is 7.75. The molecule has 0 radical (unpaired) electrons. The number of alkyl halides is 1. The summed E-state index contributed by atoms with van der Waals surface area (Å²) in [6, 6.07) is 0. The summed E-state index contributed by atoms with van der Waals surface area (Å²) in [5, 5.41) is 21.2. The molecule has 0 spiro atoms. The summed E-state index contributed by atoms with van der Waals surface area (Å²) in [5.74, 6) is -1.38. The lowest BCUT2D eigenvalue weighted by atomic mass is 10.2. The van der Waals surface area contributed by atoms with E-state index < -0.39 is 77.6 Å². The minimum absolute atomic E-state index is 0. The Morgan fingerprint density at radius 1 is 0.513 bits per heavy atom. The predicted octanol–water partition coefficient (Wildman–Crippen LogP) is 6.07. The topological polar surface area (TPSA) is 460 Å². The quantitative estimate of drug-likeness (QED) is 0.0698. The second kappa shape index (κ2) is 72.3. The maximum absolute atomic E-state index is 11.8. The Hall–Kier alpha value is -9.44. The molecule has 39 heteroatoms. The Bertz CT molecular complexity index is 2770. The summed E-state index contributed by atoms with van der Waals surface area (Å²) >= 11 is 0. The van der Waals surface area contributed by atoms with E-state index in [-0.39, 0.29) is 118 Å². The molecule has 0 aliphatic carbocycles. The zero-order valence-electron chi connectivity index (χ0n) is 70.9. The van der Waals surface area contributed by atoms with Crippen molar-refractivity contribution in [1.82, 2.24) is 60.9 Å². The molecule has 0 atom stereocenters. The molecule has 10 N–H and O–H groups in total. The van der Waals surface area contributed by atoms with Crippen LogP contribution in [0.2, 0.25) is 0 Å². The smallest absolute Gasteiger partial charge is 0.411 e. The van der Waals surface area contributed by atoms with E-state index >= 15 is 0 Å². The molecule has 10 amide bonds. The first-order valence-corrected chi connectivity index (χ1v) is 35.8. The molecule has 38 nitrogen and oxygen atoms in total. The molecular formula is C76H151FN16O22. The number of methoxy groups -OCH3 is 3. The van der Waals surface area contributed by atoms with Crippen molar-refractivity contribution < 1.29 is 111 Å². The van der Waals surface area contributed by atoms with Crippen molar-refractivity contribution in [2.75, 3.05) is 194 Å². The van der Waals surface area contributed by atoms with Gasteiger partial charge in [0.05, 0.1) is 62.6 Å². The number of aliphatic hydroxyl groups is 1. The Balaban J connectivity index is -0.000000137. The van der Waals surface area contributed by atoms with E-state index in [1.165, 1.54) is 47.1 Å². The van der Waals surface area contributed by atoms with E-state index in [0.29, 0.717) is 71.9 Å². The summed E-state index contributed by atoms with van der Waals surface area (Å²) in [6.07, 6.45) is 3.83. The molecule has 5 heterocycles. The lowest BCUT2D eigenvalue weighted by Crippen LogP contribution is -2.41. The number of carbonyl (C=O) groups excluding carboxylic acids is 13. The molecule has 5 saturated heterocycles. The lowest BCUT2D eigenvalue weighted by Gasteiger charge is -2.26. The average molecular weight is 1660 g/mol. The molecule has 0 aromatic carbocycles. The highest BCUT2D eigenvalue weighted by Gasteiger charge is 2.30. The second-order valence-corrected chi connectivity index (χ2v) is 28.6. The molecule has 0 aromatic rings. The van der Waals surface area contributed by atoms with Gasteiger partial charge in [-0.2, -0.15) is 0 Å². The van der Waals surface area contributed by atoms with E-state index in [1.54, 1.807) is 58.4 Å². The zero-order valence-corrected chi connectivity index (χ0v) is 69.9. The van der Waals surface area contributed by atoms with Crippen molar-refractivity contribution in [3.8, 4) is 0 Å². The number of nitrogens with two attached hydrogens (primary N) is 2. The SMILES string of the molecule is C.C.C.C.CC(C)(C)OC(=O)N1CCCNC(=O)C1.CC(C)(C)OC(=O)N1CCCNC(=O)C1.CN1CCCN(C(=O)OC(C)(C)C)CC1=O.CN1CCCNCC1=O.CO.COC(=O)CN.COC(=O)CN(CCCN)C(=O)OC(C)(C)C.O=C1CNCCCN1.[2H]CF.[C-]#[N+]C=C.[C-]#[N+]CCN(CC(=O)OC)C(=O)OC(C)(C)C. The first-order valence-electron chi connectivity index (χ1n) is 36.5. The zero-order chi connectivity index (χ0) is 87.9. The molecule has 5 rings (SSSR count). The summed E-state index contributed by atoms with van der Waals surface area (Å²) in [4.78, 5) is 162. The number of rotatable bonds is 10. The molecular weight excluding hydrogens is 1510 g/mol. The summed E-state index contributed by atoms with van der Waals surface area (Å²) in [5.41, 5.74) is 7.41. The van der Waals surface area contributed by atoms with Crippen molar-refractivity contribution in [3.05, 3.63) is 35.6 Å². The van der Waals surface area contributed by atoms with Gasteiger partial charge in [-0.05, 0) is 162 Å². The number of carbonyl (C=O) groups is 13. The Labute approximate surface area is 688 Å². The van der Waals surface area contributed by atoms with E-state index in [9.17, 15) is 66.7 Å². The third-order valence-electron chi connectivity index (χ3n) is 12.8. The van der Waals surface area contributed by atoms with Crippen LogP contribution in [0.5, 0.6) is 0 Å². The van der Waals surface area contributed by atoms with Gasteiger partial charge in [0.1, 0.15) is 66.9 Å². The molecule has 0 unspecified atom stereocenters. The van der Waals surface area contributed by atoms with E-state index in [1.807, 2.05) is 69.4 Å². The normalized spacial score (nSPS) is 14.4. The van der Waals surface area contributed by atoms with Crippen LogP contribution in [0.1, 0.15) is 173 Å². The van der Waals surface area contributed by atoms with Crippen LogP contribution < -0.4 is 38.1 Å². The van der Waals surface area contributed by atoms with Crippen LogP contribution in [0.15, 0.2) is 12.8 Å². The second-order valence-electron chi connectivity index (χ2n) is 28.6. The van der Waals surface area contributed by atoms with Crippen LogP contribution in [0, 0.1) is 13.1 Å². The highest BCUT2D eigenvalue weighted by Crippen LogP contribution is 2.16. The van der Waals surface area contributed by atoms with Gasteiger partial charge < -0.3 is 95.7 Å². The number of nitrogens with zero attached hydrogens (tertiary/aromatic N) is 9. The minimum atomic E-state index is -1.00. The predicted molar refractivity (Wildman–Crippen MR) is 441 cm³/mol. The highest BCUT2D eigenvalue weighted by atomic mass is 19.1. The van der Waals surface area contributed by atoms with Gasteiger partial charge in [-0.25, -0.2) is 35.4 Å². The molecule has 0 aromatic heterocycles. The molecule has 0 saturated carbocycles. The standard InChI is InChI=1S/C11H18N2O4.C11H22N2O4.C11H20N2O3.2C10H18N2O3.C6H12N2O.C5H10N2O.C3H7NO2.C3H3N.CH3F.CH4O.4CH4/c1-11(2,3)17-10(15)13(7-6-12-4)8-9(14)16-5;1-11(2,3)17-10(15)13(7-5-6-12)8-9(14)16-4;1-11(2,3)16-10(15)13-7-5-6-12(4)9(14)8-13;2*1-10(2,3)15-9(14)12-6-4-5-11-8(13)7-12;1-8-4-2-3-7-5-6(8)9;8-5-4-6-2-1-3-7-5;1-6-3(5)2-4;1-3-4-2;2*1-2;;;;/h6-8H2,1-3,5H3;5-8,12H2,1-4H3;5-8H2,1-4H3;2*4-7H2,1-3H3,(H,11,13);7H,2-5H2,1H3;6H,1-4H2,(H,7,8);2,4H2,1H3;3H,1H2;1H3;2H,1H3;4*1H4/i;;;;;;;;;1D;;;;;. The number of hydrogen-bond acceptors (Lipinski definition) is 26. The van der Waals surface area contributed by atoms with Crippen molar-refractivity contribution >= 4 is 77.9 Å². The van der Waals surface area contributed by atoms with Gasteiger partial charge in [0.2, 0.25) is 36.1 Å². The Morgan fingerprint density at radius 2 is 0.835 bits per heavy atom. The van der Waals surface area contributed by atoms with Crippen molar-refractivity contribution in [2.24, 2.45) is 11.5 Å². The van der Waals surface area contributed by atoms with Crippen molar-refractivity contribution in [1.29, 1.82) is 0 Å². The first-order chi connectivity index (χ1) is 52.0. The maximum Gasteiger partial charge on any atom is 0.411 e. The minimum Gasteiger partial charge on any atom is -0.468 e. The van der Waals surface area contributed by atoms with Crippen molar-refractivity contribution in [2.45, 2.75) is 200 Å². The van der Waals surface area contributed by atoms with Crippen LogP contribution in [-0.4, -0.2) is 339 Å². The average Bonchev–Trinajstić information content (AvgIpc) is 1.63. The Kier molecular flexibility index (Phi) is 77.8. The van der Waals surface area contributed by atoms with Gasteiger partial charge in [0.15, 0.2) is 0 Å². The van der Waals surface area contributed by atoms with Crippen LogP contribution >= 0.6 is 0 Å². The number of esters is 3. The molecule has 674 valence electrons. The number of halogens is 1. The van der Waals surface area contributed by atoms with E-state index in [4.69, 9.17) is 54.8 Å². The van der Waals surface area contributed by atoms with E-state index in [0.717, 1.165) is 70.3 Å². The monoisotopic (exact) mass is 1660 g/mol. The molecule has 5 fully saturated rings. The number of amides is 10. The summed E-state index contributed by atoms with van der Waals surface area (Å²) in [7, 11) is 7.41. The molecule has 0 bridgehead atoms. The summed E-state index contributed by atoms with van der Waals surface area (Å²) in [6.45, 7) is 51.9. The van der Waals surface area contributed by atoms with Crippen LogP contribution in [0.4, 0.5) is 28.4 Å². The third-order valence-corrected chi connectivity index (χ3v) is 12.8. The van der Waals surface area contributed by atoms with Crippen LogP contribution in [-0.2, 0) is 76.3 Å². The summed E-state index contributed by atoms with van der Waals surface area (Å²) < 4.78 is 54.5. The maximum atomic E-state index is 11.8. The van der Waals surface area contributed by atoms with Crippen LogP contribution in [0.25, 0.3) is 9.69 Å². The number of ether oxygens (including phenoxy) is 8. The molecule has 115 heavy (non-hydrogen) atoms. The van der Waals surface area contributed by atoms with Gasteiger partial charge in [-0.1, -0.05) is 29.7 Å². The number of hydrogen-bond donors (Lipinski definition) is 8. The Morgan fingerprint density at radius 3 is 1.18 bits per heavy atom. The fraction of sp³-hybridized carbons (Fsp3) is 0.776. The number of likely N-dealkylation sites (N-methyl/N-ethyl adjacent to an activating group) is 2. The lowest BCUT2D eigenvalue weighted by molar-refractivity contribution is -0.142. The largest absolute Gasteiger partial charge is 0.468 e. The van der Waals surface area contributed by atoms with Crippen molar-refractivity contribution in [3.63, 3.8) is 0 Å². The van der Waals surface area contributed by atoms with Crippen LogP contribution in [0.3, 0.4) is 0 Å². The number of nitrogens with one attached hydrogen (secondary N) is 5.